The second kappa shape index (κ2) is 4.27. The van der Waals surface area contributed by atoms with Crippen molar-refractivity contribution in [2.75, 3.05) is 5.73 Å². The first-order valence-corrected chi connectivity index (χ1v) is 5.50. The third-order valence-corrected chi connectivity index (χ3v) is 2.79. The van der Waals surface area contributed by atoms with Crippen molar-refractivity contribution in [2.24, 2.45) is 0 Å². The van der Waals surface area contributed by atoms with Crippen LogP contribution in [0.4, 0.5) is 14.6 Å². The number of halogens is 2. The molecule has 0 fully saturated rings. The van der Waals surface area contributed by atoms with E-state index in [-0.39, 0.29) is 12.4 Å². The number of fused-ring (bicyclic) bond motifs is 1. The molecule has 0 aliphatic heterocycles. The first kappa shape index (κ1) is 11.5. The van der Waals surface area contributed by atoms with Crippen molar-refractivity contribution < 1.29 is 8.78 Å². The summed E-state index contributed by atoms with van der Waals surface area (Å²) in [7, 11) is 0. The molecule has 0 radical (unpaired) electrons. The Balaban J connectivity index is 2.04. The fourth-order valence-corrected chi connectivity index (χ4v) is 1.85. The molecule has 0 unspecified atom stereocenters. The van der Waals surface area contributed by atoms with Gasteiger partial charge < -0.3 is 10.3 Å². The van der Waals surface area contributed by atoms with Crippen LogP contribution in [0.15, 0.2) is 30.9 Å². The summed E-state index contributed by atoms with van der Waals surface area (Å²) in [6, 6.07) is 3.44. The number of rotatable bonds is 2. The number of nitrogen functional groups attached to an aromatic ring is 1. The predicted molar refractivity (Wildman–Crippen MR) is 65.2 cm³/mol. The van der Waals surface area contributed by atoms with Gasteiger partial charge in [-0.15, -0.1) is 0 Å². The summed E-state index contributed by atoms with van der Waals surface area (Å²) in [5.41, 5.74) is 6.98. The lowest BCUT2D eigenvalue weighted by Gasteiger charge is -2.05. The minimum absolute atomic E-state index is 0.194. The van der Waals surface area contributed by atoms with Gasteiger partial charge >= 0.3 is 0 Å². The standard InChI is InChI=1S/C12H9F2N5/c13-8-2-1-7(9(14)3-8)4-19-6-18-10-11(15)16-5-17-12(10)19/h1-3,5-6H,4H2,(H2,15,16,17). The van der Waals surface area contributed by atoms with Crippen LogP contribution >= 0.6 is 0 Å². The summed E-state index contributed by atoms with van der Waals surface area (Å²) in [4.78, 5) is 12.0. The number of hydrogen-bond donors (Lipinski definition) is 1. The first-order chi connectivity index (χ1) is 9.15. The van der Waals surface area contributed by atoms with Gasteiger partial charge in [0, 0.05) is 11.6 Å². The van der Waals surface area contributed by atoms with Crippen LogP contribution in [0.3, 0.4) is 0 Å². The number of aromatic nitrogens is 4. The summed E-state index contributed by atoms with van der Waals surface area (Å²) in [5, 5.41) is 0. The fraction of sp³-hybridized carbons (Fsp3) is 0.0833. The summed E-state index contributed by atoms with van der Waals surface area (Å²) < 4.78 is 28.1. The molecule has 0 amide bonds. The lowest BCUT2D eigenvalue weighted by molar-refractivity contribution is 0.567. The van der Waals surface area contributed by atoms with Crippen LogP contribution in [0, 0.1) is 11.6 Å². The van der Waals surface area contributed by atoms with Gasteiger partial charge in [0.05, 0.1) is 12.9 Å². The second-order valence-electron chi connectivity index (χ2n) is 4.04. The van der Waals surface area contributed by atoms with Crippen LogP contribution < -0.4 is 5.73 Å². The molecule has 0 spiro atoms. The number of hydrogen-bond acceptors (Lipinski definition) is 4. The Morgan fingerprint density at radius 1 is 1.16 bits per heavy atom. The summed E-state index contributed by atoms with van der Waals surface area (Å²) >= 11 is 0. The van der Waals surface area contributed by atoms with Crippen LogP contribution in [-0.4, -0.2) is 19.5 Å². The molecule has 2 aromatic heterocycles. The highest BCUT2D eigenvalue weighted by molar-refractivity contribution is 5.81. The lowest BCUT2D eigenvalue weighted by Crippen LogP contribution is -2.02. The van der Waals surface area contributed by atoms with Crippen molar-refractivity contribution in [3.63, 3.8) is 0 Å². The number of nitrogens with two attached hydrogens (primary N) is 1. The van der Waals surface area contributed by atoms with Crippen LogP contribution in [0.5, 0.6) is 0 Å². The normalized spacial score (nSPS) is 11.1. The molecule has 7 heteroatoms. The molecule has 1 aromatic carbocycles. The Morgan fingerprint density at radius 2 is 2.00 bits per heavy atom. The molecular formula is C12H9F2N5. The maximum atomic E-state index is 13.6. The lowest BCUT2D eigenvalue weighted by atomic mass is 10.2. The first-order valence-electron chi connectivity index (χ1n) is 5.50. The maximum Gasteiger partial charge on any atom is 0.165 e. The van der Waals surface area contributed by atoms with Gasteiger partial charge in [-0.2, -0.15) is 0 Å². The van der Waals surface area contributed by atoms with E-state index in [4.69, 9.17) is 5.73 Å². The smallest absolute Gasteiger partial charge is 0.165 e. The second-order valence-corrected chi connectivity index (χ2v) is 4.04. The zero-order valence-corrected chi connectivity index (χ0v) is 9.72. The fourth-order valence-electron chi connectivity index (χ4n) is 1.85. The number of imidazole rings is 1. The average Bonchev–Trinajstić information content (AvgIpc) is 2.78. The van der Waals surface area contributed by atoms with E-state index < -0.39 is 11.6 Å². The quantitative estimate of drug-likeness (QED) is 0.762. The molecule has 3 rings (SSSR count). The third kappa shape index (κ3) is 1.99. The van der Waals surface area contributed by atoms with Crippen molar-refractivity contribution in [2.45, 2.75) is 6.54 Å². The minimum atomic E-state index is -0.608. The molecule has 96 valence electrons. The van der Waals surface area contributed by atoms with Gasteiger partial charge in [-0.25, -0.2) is 23.7 Å². The predicted octanol–water partition coefficient (Wildman–Crippen LogP) is 1.73. The van der Waals surface area contributed by atoms with Crippen molar-refractivity contribution in [3.05, 3.63) is 48.1 Å². The number of nitrogens with zero attached hydrogens (tertiary/aromatic N) is 4. The molecular weight excluding hydrogens is 252 g/mol. The van der Waals surface area contributed by atoms with E-state index in [9.17, 15) is 8.78 Å². The Bertz CT molecular complexity index is 753. The Kier molecular flexibility index (Phi) is 2.59. The molecule has 0 aliphatic rings. The van der Waals surface area contributed by atoms with E-state index in [1.807, 2.05) is 0 Å². The van der Waals surface area contributed by atoms with Gasteiger partial charge in [-0.3, -0.25) is 0 Å². The van der Waals surface area contributed by atoms with E-state index in [1.165, 1.54) is 24.8 Å². The van der Waals surface area contributed by atoms with Gasteiger partial charge in [-0.1, -0.05) is 6.07 Å². The SMILES string of the molecule is Nc1ncnc2c1ncn2Cc1ccc(F)cc1F. The highest BCUT2D eigenvalue weighted by atomic mass is 19.1. The Hall–Kier alpha value is -2.57. The Morgan fingerprint density at radius 3 is 2.79 bits per heavy atom. The van der Waals surface area contributed by atoms with Gasteiger partial charge in [0.25, 0.3) is 0 Å². The van der Waals surface area contributed by atoms with Crippen molar-refractivity contribution in [1.29, 1.82) is 0 Å². The molecule has 2 heterocycles. The molecule has 5 nitrogen and oxygen atoms in total. The van der Waals surface area contributed by atoms with Gasteiger partial charge in [0.15, 0.2) is 11.5 Å². The van der Waals surface area contributed by atoms with Crippen molar-refractivity contribution in [3.8, 4) is 0 Å². The average molecular weight is 261 g/mol. The largest absolute Gasteiger partial charge is 0.382 e. The van der Waals surface area contributed by atoms with E-state index >= 15 is 0 Å². The molecule has 0 atom stereocenters. The van der Waals surface area contributed by atoms with Crippen LogP contribution in [-0.2, 0) is 6.54 Å². The van der Waals surface area contributed by atoms with E-state index in [1.54, 1.807) is 4.57 Å². The number of benzene rings is 1. The van der Waals surface area contributed by atoms with Gasteiger partial charge in [0.1, 0.15) is 23.5 Å². The summed E-state index contributed by atoms with van der Waals surface area (Å²) in [5.74, 6) is -0.949. The van der Waals surface area contributed by atoms with Crippen LogP contribution in [0.2, 0.25) is 0 Å². The topological polar surface area (TPSA) is 69.6 Å². The molecule has 0 bridgehead atoms. The van der Waals surface area contributed by atoms with E-state index in [0.29, 0.717) is 16.7 Å². The Labute approximate surface area is 106 Å². The maximum absolute atomic E-state index is 13.6. The monoisotopic (exact) mass is 261 g/mol. The molecule has 2 N–H and O–H groups in total. The third-order valence-electron chi connectivity index (χ3n) is 2.79. The van der Waals surface area contributed by atoms with Gasteiger partial charge in [-0.05, 0) is 6.07 Å². The molecule has 0 saturated heterocycles. The zero-order chi connectivity index (χ0) is 13.4. The van der Waals surface area contributed by atoms with E-state index in [2.05, 4.69) is 15.0 Å². The highest BCUT2D eigenvalue weighted by Gasteiger charge is 2.10. The van der Waals surface area contributed by atoms with Gasteiger partial charge in [0.2, 0.25) is 0 Å². The van der Waals surface area contributed by atoms with Crippen molar-refractivity contribution >= 4 is 17.0 Å². The molecule has 0 saturated carbocycles. The zero-order valence-electron chi connectivity index (χ0n) is 9.72. The molecule has 0 aliphatic carbocycles. The number of anilines is 1. The summed E-state index contributed by atoms with van der Waals surface area (Å²) in [6.45, 7) is 0.194. The molecule has 3 aromatic rings. The van der Waals surface area contributed by atoms with E-state index in [0.717, 1.165) is 6.07 Å². The highest BCUT2D eigenvalue weighted by Crippen LogP contribution is 2.17. The summed E-state index contributed by atoms with van der Waals surface area (Å²) in [6.07, 6.45) is 2.81. The van der Waals surface area contributed by atoms with Crippen LogP contribution in [0.25, 0.3) is 11.2 Å². The minimum Gasteiger partial charge on any atom is -0.382 e. The van der Waals surface area contributed by atoms with Crippen LogP contribution in [0.1, 0.15) is 5.56 Å². The molecule has 19 heavy (non-hydrogen) atoms. The van der Waals surface area contributed by atoms with Crippen molar-refractivity contribution in [1.82, 2.24) is 19.5 Å².